The Kier molecular flexibility index (Phi) is 4.45. The highest BCUT2D eigenvalue weighted by Crippen LogP contribution is 2.41. The maximum Gasteiger partial charge on any atom is 0.144 e. The second kappa shape index (κ2) is 6.08. The van der Waals surface area contributed by atoms with Gasteiger partial charge in [0.2, 0.25) is 0 Å². The van der Waals surface area contributed by atoms with Crippen LogP contribution in [-0.4, -0.2) is 14.2 Å². The molecule has 0 fully saturated rings. The number of ether oxygens (including phenoxy) is 2. The summed E-state index contributed by atoms with van der Waals surface area (Å²) in [5, 5.41) is 0. The van der Waals surface area contributed by atoms with E-state index in [0.29, 0.717) is 6.54 Å². The predicted molar refractivity (Wildman–Crippen MR) is 80.6 cm³/mol. The molecule has 0 aliphatic heterocycles. The van der Waals surface area contributed by atoms with Crippen LogP contribution >= 0.6 is 15.9 Å². The molecule has 2 aromatic carbocycles. The van der Waals surface area contributed by atoms with Crippen molar-refractivity contribution in [3.8, 4) is 22.6 Å². The quantitative estimate of drug-likeness (QED) is 0.935. The Morgan fingerprint density at radius 2 is 1.68 bits per heavy atom. The maximum atomic E-state index is 5.61. The summed E-state index contributed by atoms with van der Waals surface area (Å²) < 4.78 is 11.6. The molecule has 0 aromatic heterocycles. The SMILES string of the molecule is COc1ccc(-c2ccc(CN)cc2)c(OC)c1Br. The van der Waals surface area contributed by atoms with Crippen LogP contribution in [0.1, 0.15) is 5.56 Å². The minimum atomic E-state index is 0.545. The average Bonchev–Trinajstić information content (AvgIpc) is 2.47. The van der Waals surface area contributed by atoms with Gasteiger partial charge in [-0.3, -0.25) is 0 Å². The number of methoxy groups -OCH3 is 2. The third kappa shape index (κ3) is 2.74. The first kappa shape index (κ1) is 13.9. The topological polar surface area (TPSA) is 44.5 Å². The van der Waals surface area contributed by atoms with Crippen LogP contribution in [0.5, 0.6) is 11.5 Å². The smallest absolute Gasteiger partial charge is 0.144 e. The van der Waals surface area contributed by atoms with Crippen LogP contribution in [0, 0.1) is 0 Å². The summed E-state index contributed by atoms with van der Waals surface area (Å²) in [6, 6.07) is 12.0. The van der Waals surface area contributed by atoms with Gasteiger partial charge in [0.15, 0.2) is 0 Å². The van der Waals surface area contributed by atoms with Crippen molar-refractivity contribution in [1.82, 2.24) is 0 Å². The fourth-order valence-electron chi connectivity index (χ4n) is 1.94. The van der Waals surface area contributed by atoms with Crippen LogP contribution in [0.3, 0.4) is 0 Å². The third-order valence-electron chi connectivity index (χ3n) is 2.99. The van der Waals surface area contributed by atoms with E-state index < -0.39 is 0 Å². The molecule has 0 radical (unpaired) electrons. The van der Waals surface area contributed by atoms with Crippen molar-refractivity contribution in [2.24, 2.45) is 5.73 Å². The summed E-state index contributed by atoms with van der Waals surface area (Å²) in [4.78, 5) is 0. The molecule has 4 heteroatoms. The Balaban J connectivity index is 2.51. The molecule has 0 atom stereocenters. The zero-order valence-corrected chi connectivity index (χ0v) is 12.5. The number of benzene rings is 2. The van der Waals surface area contributed by atoms with Crippen molar-refractivity contribution in [3.63, 3.8) is 0 Å². The van der Waals surface area contributed by atoms with E-state index in [2.05, 4.69) is 15.9 Å². The van der Waals surface area contributed by atoms with E-state index in [1.807, 2.05) is 36.4 Å². The predicted octanol–water partition coefficient (Wildman–Crippen LogP) is 3.59. The van der Waals surface area contributed by atoms with Gasteiger partial charge in [0.1, 0.15) is 16.0 Å². The lowest BCUT2D eigenvalue weighted by atomic mass is 10.0. The number of rotatable bonds is 4. The molecule has 0 bridgehead atoms. The van der Waals surface area contributed by atoms with Gasteiger partial charge in [-0.25, -0.2) is 0 Å². The molecule has 0 aliphatic rings. The molecule has 19 heavy (non-hydrogen) atoms. The second-order valence-electron chi connectivity index (χ2n) is 4.06. The molecule has 0 spiro atoms. The van der Waals surface area contributed by atoms with Crippen molar-refractivity contribution in [1.29, 1.82) is 0 Å². The highest BCUT2D eigenvalue weighted by atomic mass is 79.9. The molecular formula is C15H16BrNO2. The van der Waals surface area contributed by atoms with Crippen LogP contribution in [0.4, 0.5) is 0 Å². The maximum absolute atomic E-state index is 5.61. The van der Waals surface area contributed by atoms with E-state index in [1.165, 1.54) is 0 Å². The molecule has 0 heterocycles. The fraction of sp³-hybridized carbons (Fsp3) is 0.200. The Hall–Kier alpha value is -1.52. The van der Waals surface area contributed by atoms with Gasteiger partial charge in [-0.15, -0.1) is 0 Å². The summed E-state index contributed by atoms with van der Waals surface area (Å²) in [5.74, 6) is 1.51. The minimum Gasteiger partial charge on any atom is -0.495 e. The van der Waals surface area contributed by atoms with Crippen molar-refractivity contribution >= 4 is 15.9 Å². The largest absolute Gasteiger partial charge is 0.495 e. The first-order chi connectivity index (χ1) is 9.21. The van der Waals surface area contributed by atoms with E-state index in [-0.39, 0.29) is 0 Å². The van der Waals surface area contributed by atoms with E-state index in [0.717, 1.165) is 32.7 Å². The molecule has 2 rings (SSSR count). The summed E-state index contributed by atoms with van der Waals surface area (Å²) in [5.41, 5.74) is 8.81. The Morgan fingerprint density at radius 3 is 2.21 bits per heavy atom. The molecule has 100 valence electrons. The van der Waals surface area contributed by atoms with Gasteiger partial charge in [0, 0.05) is 12.1 Å². The number of halogens is 1. The Morgan fingerprint density at radius 1 is 1.00 bits per heavy atom. The van der Waals surface area contributed by atoms with Crippen LogP contribution in [0.25, 0.3) is 11.1 Å². The monoisotopic (exact) mass is 321 g/mol. The van der Waals surface area contributed by atoms with Gasteiger partial charge in [0.25, 0.3) is 0 Å². The zero-order chi connectivity index (χ0) is 13.8. The van der Waals surface area contributed by atoms with Crippen molar-refractivity contribution < 1.29 is 9.47 Å². The van der Waals surface area contributed by atoms with Crippen LogP contribution < -0.4 is 15.2 Å². The molecule has 2 N–H and O–H groups in total. The highest BCUT2D eigenvalue weighted by molar-refractivity contribution is 9.10. The standard InChI is InChI=1S/C15H16BrNO2/c1-18-13-8-7-12(15(19-2)14(13)16)11-5-3-10(9-17)4-6-11/h3-8H,9,17H2,1-2H3. The second-order valence-corrected chi connectivity index (χ2v) is 4.86. The van der Waals surface area contributed by atoms with Crippen molar-refractivity contribution in [2.75, 3.05) is 14.2 Å². The summed E-state index contributed by atoms with van der Waals surface area (Å²) in [7, 11) is 3.28. The highest BCUT2D eigenvalue weighted by Gasteiger charge is 2.13. The number of nitrogens with two attached hydrogens (primary N) is 1. The van der Waals surface area contributed by atoms with E-state index >= 15 is 0 Å². The van der Waals surface area contributed by atoms with Crippen LogP contribution in [-0.2, 0) is 6.54 Å². The van der Waals surface area contributed by atoms with E-state index in [4.69, 9.17) is 15.2 Å². The lowest BCUT2D eigenvalue weighted by Gasteiger charge is -2.13. The van der Waals surface area contributed by atoms with E-state index in [1.54, 1.807) is 14.2 Å². The van der Waals surface area contributed by atoms with Gasteiger partial charge < -0.3 is 15.2 Å². The molecule has 3 nitrogen and oxygen atoms in total. The lowest BCUT2D eigenvalue weighted by Crippen LogP contribution is -1.96. The third-order valence-corrected chi connectivity index (χ3v) is 3.74. The van der Waals surface area contributed by atoms with Crippen molar-refractivity contribution in [3.05, 3.63) is 46.4 Å². The van der Waals surface area contributed by atoms with Gasteiger partial charge in [-0.2, -0.15) is 0 Å². The summed E-state index contributed by atoms with van der Waals surface area (Å²) in [6.07, 6.45) is 0. The Labute approximate surface area is 121 Å². The van der Waals surface area contributed by atoms with Gasteiger partial charge >= 0.3 is 0 Å². The Bertz CT molecular complexity index is 567. The number of hydrogen-bond acceptors (Lipinski definition) is 3. The first-order valence-electron chi connectivity index (χ1n) is 5.91. The van der Waals surface area contributed by atoms with Gasteiger partial charge in [0.05, 0.1) is 14.2 Å². The first-order valence-corrected chi connectivity index (χ1v) is 6.70. The summed E-state index contributed by atoms with van der Waals surface area (Å²) in [6.45, 7) is 0.545. The molecule has 2 aromatic rings. The zero-order valence-electron chi connectivity index (χ0n) is 10.9. The van der Waals surface area contributed by atoms with Crippen LogP contribution in [0.2, 0.25) is 0 Å². The molecular weight excluding hydrogens is 306 g/mol. The molecule has 0 amide bonds. The van der Waals surface area contributed by atoms with Crippen molar-refractivity contribution in [2.45, 2.75) is 6.54 Å². The minimum absolute atomic E-state index is 0.545. The lowest BCUT2D eigenvalue weighted by molar-refractivity contribution is 0.390. The molecule has 0 saturated carbocycles. The average molecular weight is 322 g/mol. The van der Waals surface area contributed by atoms with Gasteiger partial charge in [-0.05, 0) is 39.2 Å². The number of hydrogen-bond donors (Lipinski definition) is 1. The fourth-order valence-corrected chi connectivity index (χ4v) is 2.61. The van der Waals surface area contributed by atoms with Gasteiger partial charge in [-0.1, -0.05) is 24.3 Å². The molecule has 0 aliphatic carbocycles. The summed E-state index contributed by atoms with van der Waals surface area (Å²) >= 11 is 3.51. The molecule has 0 unspecified atom stereocenters. The van der Waals surface area contributed by atoms with E-state index in [9.17, 15) is 0 Å². The van der Waals surface area contributed by atoms with Crippen LogP contribution in [0.15, 0.2) is 40.9 Å². The molecule has 0 saturated heterocycles. The normalized spacial score (nSPS) is 10.3.